The Balaban J connectivity index is 2.74. The van der Waals surface area contributed by atoms with Gasteiger partial charge in [0.2, 0.25) is 0 Å². The van der Waals surface area contributed by atoms with Gasteiger partial charge in [-0.25, -0.2) is 4.98 Å². The van der Waals surface area contributed by atoms with Gasteiger partial charge in [-0.05, 0) is 39.3 Å². The molecule has 78 valence electrons. The molecule has 0 fully saturated rings. The summed E-state index contributed by atoms with van der Waals surface area (Å²) in [5.41, 5.74) is 1.01. The standard InChI is InChI=1S/C11H17ClN2/c1-8-5-6-10(13-7-8)14-11(3,4)9(2)12/h5-7,9H,1-4H3,(H,13,14). The number of aryl methyl sites for hydroxylation is 1. The lowest BCUT2D eigenvalue weighted by molar-refractivity contribution is 0.552. The molecule has 0 bridgehead atoms. The molecule has 0 saturated heterocycles. The van der Waals surface area contributed by atoms with Crippen LogP contribution in [0, 0.1) is 6.92 Å². The molecule has 1 heterocycles. The highest BCUT2D eigenvalue weighted by atomic mass is 35.5. The van der Waals surface area contributed by atoms with Gasteiger partial charge in [-0.15, -0.1) is 11.6 Å². The molecule has 1 aromatic rings. The summed E-state index contributed by atoms with van der Waals surface area (Å²) in [6.07, 6.45) is 1.84. The Morgan fingerprint density at radius 3 is 2.50 bits per heavy atom. The Labute approximate surface area is 90.7 Å². The van der Waals surface area contributed by atoms with Gasteiger partial charge in [-0.2, -0.15) is 0 Å². The van der Waals surface area contributed by atoms with E-state index in [4.69, 9.17) is 11.6 Å². The Morgan fingerprint density at radius 1 is 1.43 bits per heavy atom. The molecule has 1 N–H and O–H groups in total. The summed E-state index contributed by atoms with van der Waals surface area (Å²) in [6, 6.07) is 4.00. The van der Waals surface area contributed by atoms with Crippen molar-refractivity contribution in [1.29, 1.82) is 0 Å². The van der Waals surface area contributed by atoms with Crippen LogP contribution in [0.15, 0.2) is 18.3 Å². The molecule has 1 atom stereocenters. The number of nitrogens with zero attached hydrogens (tertiary/aromatic N) is 1. The Hall–Kier alpha value is -0.760. The van der Waals surface area contributed by atoms with Gasteiger partial charge in [0, 0.05) is 11.7 Å². The maximum absolute atomic E-state index is 6.06. The zero-order chi connectivity index (χ0) is 10.8. The predicted molar refractivity (Wildman–Crippen MR) is 62.0 cm³/mol. The Kier molecular flexibility index (Phi) is 3.38. The molecule has 0 aromatic carbocycles. The van der Waals surface area contributed by atoms with Crippen molar-refractivity contribution in [2.45, 2.75) is 38.6 Å². The number of pyridine rings is 1. The third kappa shape index (κ3) is 2.88. The van der Waals surface area contributed by atoms with Gasteiger partial charge in [0.25, 0.3) is 0 Å². The second-order valence-corrected chi connectivity index (χ2v) is 4.84. The van der Waals surface area contributed by atoms with Crippen LogP contribution >= 0.6 is 11.6 Å². The predicted octanol–water partition coefficient (Wildman–Crippen LogP) is 3.21. The highest BCUT2D eigenvalue weighted by Crippen LogP contribution is 2.20. The second kappa shape index (κ2) is 4.18. The number of halogens is 1. The first-order valence-corrected chi connectivity index (χ1v) is 5.20. The van der Waals surface area contributed by atoms with Crippen LogP contribution in [0.1, 0.15) is 26.3 Å². The summed E-state index contributed by atoms with van der Waals surface area (Å²) in [5.74, 6) is 0.869. The van der Waals surface area contributed by atoms with E-state index < -0.39 is 0 Å². The lowest BCUT2D eigenvalue weighted by atomic mass is 10.0. The van der Waals surface area contributed by atoms with E-state index in [1.165, 1.54) is 0 Å². The van der Waals surface area contributed by atoms with E-state index in [2.05, 4.69) is 24.1 Å². The van der Waals surface area contributed by atoms with Crippen molar-refractivity contribution in [2.75, 3.05) is 5.32 Å². The molecule has 3 heteroatoms. The third-order valence-electron chi connectivity index (χ3n) is 2.36. The van der Waals surface area contributed by atoms with E-state index in [1.807, 2.05) is 32.2 Å². The molecular weight excluding hydrogens is 196 g/mol. The van der Waals surface area contributed by atoms with E-state index in [9.17, 15) is 0 Å². The zero-order valence-corrected chi connectivity index (χ0v) is 9.89. The molecule has 0 aliphatic heterocycles. The number of hydrogen-bond donors (Lipinski definition) is 1. The quantitative estimate of drug-likeness (QED) is 0.779. The molecule has 0 amide bonds. The van der Waals surface area contributed by atoms with Gasteiger partial charge in [0.1, 0.15) is 5.82 Å². The van der Waals surface area contributed by atoms with Gasteiger partial charge < -0.3 is 5.32 Å². The maximum atomic E-state index is 6.06. The van der Waals surface area contributed by atoms with E-state index >= 15 is 0 Å². The van der Waals surface area contributed by atoms with Crippen molar-refractivity contribution < 1.29 is 0 Å². The second-order valence-electron chi connectivity index (χ2n) is 4.18. The normalized spacial score (nSPS) is 13.8. The summed E-state index contributed by atoms with van der Waals surface area (Å²) < 4.78 is 0. The van der Waals surface area contributed by atoms with E-state index in [0.717, 1.165) is 11.4 Å². The highest BCUT2D eigenvalue weighted by Gasteiger charge is 2.23. The first-order valence-electron chi connectivity index (χ1n) is 4.77. The van der Waals surface area contributed by atoms with Crippen LogP contribution in [0.2, 0.25) is 0 Å². The molecule has 0 radical (unpaired) electrons. The van der Waals surface area contributed by atoms with Crippen molar-refractivity contribution in [3.05, 3.63) is 23.9 Å². The van der Waals surface area contributed by atoms with Crippen molar-refractivity contribution in [3.63, 3.8) is 0 Å². The molecular formula is C11H17ClN2. The minimum absolute atomic E-state index is 0.0469. The minimum Gasteiger partial charge on any atom is -0.364 e. The van der Waals surface area contributed by atoms with Crippen LogP contribution in [0.25, 0.3) is 0 Å². The summed E-state index contributed by atoms with van der Waals surface area (Å²) in [6.45, 7) is 8.12. The Morgan fingerprint density at radius 2 is 2.07 bits per heavy atom. The van der Waals surface area contributed by atoms with Gasteiger partial charge in [-0.1, -0.05) is 6.07 Å². The lowest BCUT2D eigenvalue weighted by Crippen LogP contribution is -2.39. The maximum Gasteiger partial charge on any atom is 0.126 e. The third-order valence-corrected chi connectivity index (χ3v) is 2.90. The number of nitrogens with one attached hydrogen (secondary N) is 1. The van der Waals surface area contributed by atoms with Crippen LogP contribution in [0.3, 0.4) is 0 Å². The van der Waals surface area contributed by atoms with Crippen molar-refractivity contribution in [2.24, 2.45) is 0 Å². The van der Waals surface area contributed by atoms with Crippen molar-refractivity contribution in [3.8, 4) is 0 Å². The smallest absolute Gasteiger partial charge is 0.126 e. The molecule has 14 heavy (non-hydrogen) atoms. The molecule has 1 aromatic heterocycles. The summed E-state index contributed by atoms with van der Waals surface area (Å²) in [4.78, 5) is 4.28. The zero-order valence-electron chi connectivity index (χ0n) is 9.13. The monoisotopic (exact) mass is 212 g/mol. The average Bonchev–Trinajstić information content (AvgIpc) is 2.08. The van der Waals surface area contributed by atoms with Crippen LogP contribution in [0.5, 0.6) is 0 Å². The molecule has 0 aliphatic rings. The average molecular weight is 213 g/mol. The van der Waals surface area contributed by atoms with Crippen LogP contribution in [0.4, 0.5) is 5.82 Å². The highest BCUT2D eigenvalue weighted by molar-refractivity contribution is 6.21. The van der Waals surface area contributed by atoms with Gasteiger partial charge >= 0.3 is 0 Å². The fourth-order valence-electron chi connectivity index (χ4n) is 0.971. The van der Waals surface area contributed by atoms with Gasteiger partial charge in [-0.3, -0.25) is 0 Å². The number of anilines is 1. The first kappa shape index (κ1) is 11.3. The van der Waals surface area contributed by atoms with Gasteiger partial charge in [0.15, 0.2) is 0 Å². The fourth-order valence-corrected chi connectivity index (χ4v) is 1.03. The fraction of sp³-hybridized carbons (Fsp3) is 0.545. The number of hydrogen-bond acceptors (Lipinski definition) is 2. The number of rotatable bonds is 3. The lowest BCUT2D eigenvalue weighted by Gasteiger charge is -2.29. The molecule has 0 aliphatic carbocycles. The van der Waals surface area contributed by atoms with Crippen LogP contribution < -0.4 is 5.32 Å². The van der Waals surface area contributed by atoms with Gasteiger partial charge in [0.05, 0.1) is 5.38 Å². The first-order chi connectivity index (χ1) is 6.42. The molecule has 0 saturated carbocycles. The summed E-state index contributed by atoms with van der Waals surface area (Å²) in [5, 5.41) is 3.35. The minimum atomic E-state index is -0.149. The van der Waals surface area contributed by atoms with Crippen molar-refractivity contribution in [1.82, 2.24) is 4.98 Å². The van der Waals surface area contributed by atoms with Crippen LogP contribution in [-0.2, 0) is 0 Å². The molecule has 1 rings (SSSR count). The summed E-state index contributed by atoms with van der Waals surface area (Å²) in [7, 11) is 0. The van der Waals surface area contributed by atoms with E-state index in [-0.39, 0.29) is 10.9 Å². The van der Waals surface area contributed by atoms with E-state index in [1.54, 1.807) is 0 Å². The molecule has 1 unspecified atom stereocenters. The topological polar surface area (TPSA) is 24.9 Å². The Bertz CT molecular complexity index is 291. The van der Waals surface area contributed by atoms with Crippen LogP contribution in [-0.4, -0.2) is 15.9 Å². The summed E-state index contributed by atoms with van der Waals surface area (Å²) >= 11 is 6.06. The molecule has 0 spiro atoms. The largest absolute Gasteiger partial charge is 0.364 e. The SMILES string of the molecule is Cc1ccc(NC(C)(C)C(C)Cl)nc1. The van der Waals surface area contributed by atoms with E-state index in [0.29, 0.717) is 0 Å². The van der Waals surface area contributed by atoms with Crippen molar-refractivity contribution >= 4 is 17.4 Å². The number of alkyl halides is 1. The number of aromatic nitrogens is 1. The molecule has 2 nitrogen and oxygen atoms in total.